The van der Waals surface area contributed by atoms with E-state index in [9.17, 15) is 4.79 Å². The molecule has 0 spiro atoms. The minimum atomic E-state index is -0.216. The van der Waals surface area contributed by atoms with Gasteiger partial charge in [0, 0.05) is 23.5 Å². The zero-order valence-electron chi connectivity index (χ0n) is 15.4. The number of rotatable bonds is 7. The quantitative estimate of drug-likeness (QED) is 0.431. The highest BCUT2D eigenvalue weighted by atomic mass is 32.1. The molecule has 4 rings (SSSR count). The summed E-state index contributed by atoms with van der Waals surface area (Å²) in [5.74, 6) is 1.17. The number of carbonyl (C=O) groups excluding carboxylic acids is 1. The highest BCUT2D eigenvalue weighted by Crippen LogP contribution is 2.21. The summed E-state index contributed by atoms with van der Waals surface area (Å²) in [6.07, 6.45) is 6.31. The van der Waals surface area contributed by atoms with Gasteiger partial charge in [0.2, 0.25) is 0 Å². The second-order valence-corrected chi connectivity index (χ2v) is 7.19. The predicted molar refractivity (Wildman–Crippen MR) is 107 cm³/mol. The van der Waals surface area contributed by atoms with Crippen molar-refractivity contribution in [2.45, 2.75) is 26.4 Å². The first-order chi connectivity index (χ1) is 13.7. The molecule has 3 aromatic heterocycles. The summed E-state index contributed by atoms with van der Waals surface area (Å²) in [6, 6.07) is 11.1. The van der Waals surface area contributed by atoms with Gasteiger partial charge in [-0.1, -0.05) is 12.1 Å². The number of benzene rings is 1. The minimum absolute atomic E-state index is 0.216. The lowest BCUT2D eigenvalue weighted by Gasteiger charge is -2.07. The Hall–Kier alpha value is -3.19. The fraction of sp³-hybridized carbons (Fsp3) is 0.190. The molecule has 4 aromatic rings. The van der Waals surface area contributed by atoms with Gasteiger partial charge < -0.3 is 9.47 Å². The van der Waals surface area contributed by atoms with Crippen LogP contribution < -0.4 is 4.74 Å². The normalized spacial score (nSPS) is 10.9. The molecule has 142 valence electrons. The van der Waals surface area contributed by atoms with Gasteiger partial charge in [0.1, 0.15) is 18.1 Å². The Kier molecular flexibility index (Phi) is 5.34. The van der Waals surface area contributed by atoms with Crippen molar-refractivity contribution in [2.24, 2.45) is 0 Å². The van der Waals surface area contributed by atoms with Gasteiger partial charge in [-0.05, 0) is 43.2 Å². The van der Waals surface area contributed by atoms with E-state index in [1.807, 2.05) is 59.3 Å². The van der Waals surface area contributed by atoms with Crippen LogP contribution in [-0.4, -0.2) is 20.3 Å². The van der Waals surface area contributed by atoms with Crippen molar-refractivity contribution >= 4 is 22.3 Å². The summed E-state index contributed by atoms with van der Waals surface area (Å²) in [5.41, 5.74) is 2.97. The van der Waals surface area contributed by atoms with Crippen molar-refractivity contribution in [1.29, 1.82) is 0 Å². The first-order valence-electron chi connectivity index (χ1n) is 8.92. The number of hydrogen-bond acceptors (Lipinski definition) is 6. The summed E-state index contributed by atoms with van der Waals surface area (Å²) in [6.45, 7) is 2.21. The fourth-order valence-corrected chi connectivity index (χ4v) is 3.74. The fourth-order valence-electron chi connectivity index (χ4n) is 2.78. The van der Waals surface area contributed by atoms with E-state index in [0.29, 0.717) is 24.3 Å². The van der Waals surface area contributed by atoms with E-state index in [2.05, 4.69) is 9.97 Å². The van der Waals surface area contributed by atoms with Gasteiger partial charge in [-0.25, -0.2) is 4.98 Å². The van der Waals surface area contributed by atoms with Gasteiger partial charge in [0.25, 0.3) is 0 Å². The molecule has 1 aromatic carbocycles. The van der Waals surface area contributed by atoms with Crippen LogP contribution in [0.5, 0.6) is 11.5 Å². The molecule has 0 N–H and O–H groups in total. The number of aryl methyl sites for hydroxylation is 2. The Bertz CT molecular complexity index is 1070. The third-order valence-corrected chi connectivity index (χ3v) is 5.07. The zero-order valence-corrected chi connectivity index (χ0v) is 16.2. The number of thiazole rings is 1. The molecule has 0 saturated carbocycles. The van der Waals surface area contributed by atoms with Crippen molar-refractivity contribution in [3.8, 4) is 11.5 Å². The van der Waals surface area contributed by atoms with Crippen molar-refractivity contribution in [3.63, 3.8) is 0 Å². The average Bonchev–Trinajstić information content (AvgIpc) is 3.26. The first-order valence-corrected chi connectivity index (χ1v) is 9.80. The molecule has 0 aliphatic carbocycles. The lowest BCUT2D eigenvalue weighted by molar-refractivity contribution is -0.144. The number of imidazole rings is 1. The Labute approximate surface area is 166 Å². The van der Waals surface area contributed by atoms with Gasteiger partial charge in [-0.15, -0.1) is 11.3 Å². The van der Waals surface area contributed by atoms with Gasteiger partial charge in [-0.2, -0.15) is 0 Å². The maximum absolute atomic E-state index is 12.1. The van der Waals surface area contributed by atoms with Crippen molar-refractivity contribution in [1.82, 2.24) is 14.4 Å². The third kappa shape index (κ3) is 4.37. The number of pyridine rings is 1. The number of fused-ring (bicyclic) bond motifs is 1. The molecule has 0 radical (unpaired) electrons. The lowest BCUT2D eigenvalue weighted by Crippen LogP contribution is -2.06. The van der Waals surface area contributed by atoms with E-state index < -0.39 is 0 Å². The largest absolute Gasteiger partial charge is 0.461 e. The van der Waals surface area contributed by atoms with E-state index in [1.165, 1.54) is 0 Å². The van der Waals surface area contributed by atoms with Crippen molar-refractivity contribution in [2.75, 3.05) is 0 Å². The van der Waals surface area contributed by atoms with Crippen LogP contribution in [0.3, 0.4) is 0 Å². The molecule has 7 heteroatoms. The Morgan fingerprint density at radius 2 is 2.04 bits per heavy atom. The van der Waals surface area contributed by atoms with Crippen LogP contribution in [0.2, 0.25) is 0 Å². The van der Waals surface area contributed by atoms with Crippen molar-refractivity contribution in [3.05, 3.63) is 77.3 Å². The van der Waals surface area contributed by atoms with E-state index >= 15 is 0 Å². The number of carbonyl (C=O) groups is 1. The molecule has 0 unspecified atom stereocenters. The number of nitrogens with zero attached hydrogens (tertiary/aromatic N) is 3. The van der Waals surface area contributed by atoms with Crippen LogP contribution in [0.15, 0.2) is 60.4 Å². The molecule has 6 nitrogen and oxygen atoms in total. The van der Waals surface area contributed by atoms with Gasteiger partial charge in [0.15, 0.2) is 4.96 Å². The number of ether oxygens (including phenoxy) is 2. The molecule has 0 bridgehead atoms. The Morgan fingerprint density at radius 3 is 2.82 bits per heavy atom. The van der Waals surface area contributed by atoms with E-state index in [-0.39, 0.29) is 12.6 Å². The number of aromatic nitrogens is 3. The molecular formula is C21H19N3O3S. The molecule has 0 aliphatic rings. The van der Waals surface area contributed by atoms with Gasteiger partial charge in [0.05, 0.1) is 18.3 Å². The molecule has 3 heterocycles. The second kappa shape index (κ2) is 8.22. The standard InChI is InChI=1S/C21H19N3O3S/c1-15-12-24-17(14-28-21(24)23-15)6-9-20(25)26-13-16-4-7-18(8-5-16)27-19-3-2-10-22-11-19/h2-5,7-8,10-12,14H,6,9,13H2,1H3. The van der Waals surface area contributed by atoms with Gasteiger partial charge >= 0.3 is 5.97 Å². The molecule has 0 atom stereocenters. The number of hydrogen-bond donors (Lipinski definition) is 0. The summed E-state index contributed by atoms with van der Waals surface area (Å²) >= 11 is 1.58. The van der Waals surface area contributed by atoms with Crippen LogP contribution in [-0.2, 0) is 22.6 Å². The average molecular weight is 393 g/mol. The molecule has 28 heavy (non-hydrogen) atoms. The van der Waals surface area contributed by atoms with E-state index in [0.717, 1.165) is 21.9 Å². The highest BCUT2D eigenvalue weighted by Gasteiger charge is 2.10. The smallest absolute Gasteiger partial charge is 0.306 e. The molecular weight excluding hydrogens is 374 g/mol. The minimum Gasteiger partial charge on any atom is -0.461 e. The molecule has 0 amide bonds. The molecule has 0 saturated heterocycles. The SMILES string of the molecule is Cc1cn2c(CCC(=O)OCc3ccc(Oc4cccnc4)cc3)csc2n1. The number of esters is 1. The summed E-state index contributed by atoms with van der Waals surface area (Å²) in [5, 5.41) is 2.04. The monoisotopic (exact) mass is 393 g/mol. The highest BCUT2D eigenvalue weighted by molar-refractivity contribution is 7.15. The van der Waals surface area contributed by atoms with Crippen LogP contribution in [0.1, 0.15) is 23.4 Å². The van der Waals surface area contributed by atoms with Crippen LogP contribution in [0.4, 0.5) is 0 Å². The van der Waals surface area contributed by atoms with E-state index in [4.69, 9.17) is 9.47 Å². The van der Waals surface area contributed by atoms with Crippen LogP contribution >= 0.6 is 11.3 Å². The summed E-state index contributed by atoms with van der Waals surface area (Å²) in [7, 11) is 0. The van der Waals surface area contributed by atoms with Gasteiger partial charge in [-0.3, -0.25) is 14.2 Å². The molecule has 0 aliphatic heterocycles. The zero-order chi connectivity index (χ0) is 19.3. The van der Waals surface area contributed by atoms with Crippen LogP contribution in [0, 0.1) is 6.92 Å². The van der Waals surface area contributed by atoms with E-state index in [1.54, 1.807) is 23.7 Å². The maximum atomic E-state index is 12.1. The van der Waals surface area contributed by atoms with Crippen molar-refractivity contribution < 1.29 is 14.3 Å². The second-order valence-electron chi connectivity index (χ2n) is 6.36. The Morgan fingerprint density at radius 1 is 1.18 bits per heavy atom. The Balaban J connectivity index is 1.26. The first kappa shape index (κ1) is 18.2. The summed E-state index contributed by atoms with van der Waals surface area (Å²) in [4.78, 5) is 21.5. The maximum Gasteiger partial charge on any atom is 0.306 e. The predicted octanol–water partition coefficient (Wildman–Crippen LogP) is 4.57. The lowest BCUT2D eigenvalue weighted by atomic mass is 10.2. The van der Waals surface area contributed by atoms with Crippen LogP contribution in [0.25, 0.3) is 4.96 Å². The summed E-state index contributed by atoms with van der Waals surface area (Å²) < 4.78 is 13.1. The molecule has 0 fully saturated rings. The third-order valence-electron chi connectivity index (χ3n) is 4.18. The topological polar surface area (TPSA) is 65.7 Å².